The molecule has 5 rings (SSSR count). The van der Waals surface area contributed by atoms with E-state index in [4.69, 9.17) is 0 Å². The smallest absolute Gasteiger partial charge is 0.272 e. The second-order valence-electron chi connectivity index (χ2n) is 9.24. The number of rotatable bonds is 6. The number of aryl methyl sites for hydroxylation is 1. The van der Waals surface area contributed by atoms with E-state index in [0.717, 1.165) is 38.8 Å². The lowest BCUT2D eigenvalue weighted by Gasteiger charge is -2.32. The summed E-state index contributed by atoms with van der Waals surface area (Å²) in [6, 6.07) is 7.95. The number of pyridine rings is 1. The number of amides is 1. The molecule has 1 atom stereocenters. The van der Waals surface area contributed by atoms with Gasteiger partial charge in [0.1, 0.15) is 11.1 Å². The van der Waals surface area contributed by atoms with Crippen molar-refractivity contribution in [2.45, 2.75) is 32.7 Å². The van der Waals surface area contributed by atoms with Crippen LogP contribution in [0, 0.1) is 0 Å². The number of aromatic nitrogens is 5. The average molecular weight is 496 g/mol. The minimum absolute atomic E-state index is 0.0800. The van der Waals surface area contributed by atoms with Gasteiger partial charge in [-0.1, -0.05) is 6.92 Å². The van der Waals surface area contributed by atoms with Crippen molar-refractivity contribution >= 4 is 39.1 Å². The van der Waals surface area contributed by atoms with Crippen molar-refractivity contribution in [1.82, 2.24) is 24.1 Å². The molecule has 0 aliphatic carbocycles. The maximum Gasteiger partial charge on any atom is 0.272 e. The van der Waals surface area contributed by atoms with E-state index in [1.807, 2.05) is 56.1 Å². The van der Waals surface area contributed by atoms with Gasteiger partial charge >= 0.3 is 0 Å². The Morgan fingerprint density at radius 3 is 2.73 bits per heavy atom. The van der Waals surface area contributed by atoms with E-state index in [0.29, 0.717) is 17.6 Å². The van der Waals surface area contributed by atoms with Crippen LogP contribution >= 0.6 is 0 Å². The molecule has 4 aromatic heterocycles. The number of nitrogens with zero attached hydrogens (tertiary/aromatic N) is 5. The van der Waals surface area contributed by atoms with E-state index in [2.05, 4.69) is 42.8 Å². The number of fused-ring (bicyclic) bond motifs is 2. The molecule has 0 saturated heterocycles. The second kappa shape index (κ2) is 9.16. The lowest BCUT2D eigenvalue weighted by atomic mass is 9.91. The van der Waals surface area contributed by atoms with Gasteiger partial charge in [0.25, 0.3) is 5.56 Å². The molecule has 1 aromatic carbocycles. The zero-order valence-corrected chi connectivity index (χ0v) is 21.5. The summed E-state index contributed by atoms with van der Waals surface area (Å²) in [5.41, 5.74) is 4.67. The fraction of sp³-hybridized carbons (Fsp3) is 0.250. The van der Waals surface area contributed by atoms with Gasteiger partial charge < -0.3 is 19.4 Å². The van der Waals surface area contributed by atoms with Crippen LogP contribution in [0.25, 0.3) is 32.9 Å². The van der Waals surface area contributed by atoms with Crippen molar-refractivity contribution in [1.29, 1.82) is 0 Å². The first-order valence-corrected chi connectivity index (χ1v) is 12.1. The van der Waals surface area contributed by atoms with Crippen LogP contribution in [0.5, 0.6) is 0 Å². The summed E-state index contributed by atoms with van der Waals surface area (Å²) in [4.78, 5) is 41.3. The minimum atomic E-state index is -0.731. The average Bonchev–Trinajstić information content (AvgIpc) is 3.50. The van der Waals surface area contributed by atoms with E-state index in [1.54, 1.807) is 31.8 Å². The van der Waals surface area contributed by atoms with E-state index < -0.39 is 5.54 Å². The Labute approximate surface area is 213 Å². The zero-order valence-electron chi connectivity index (χ0n) is 21.5. The van der Waals surface area contributed by atoms with Crippen molar-refractivity contribution in [3.63, 3.8) is 0 Å². The Hall–Kier alpha value is -4.53. The summed E-state index contributed by atoms with van der Waals surface area (Å²) >= 11 is 0. The molecule has 0 spiro atoms. The number of carbonyl (C=O) groups is 1. The number of benzene rings is 1. The van der Waals surface area contributed by atoms with Crippen molar-refractivity contribution in [2.24, 2.45) is 12.0 Å². The Bertz CT molecular complexity index is 1730. The fourth-order valence-electron chi connectivity index (χ4n) is 4.98. The molecule has 9 nitrogen and oxygen atoms in total. The predicted octanol–water partition coefficient (Wildman–Crippen LogP) is 4.48. The third-order valence-corrected chi connectivity index (χ3v) is 7.20. The summed E-state index contributed by atoms with van der Waals surface area (Å²) in [6.07, 6.45) is 11.0. The maximum atomic E-state index is 12.6. The summed E-state index contributed by atoms with van der Waals surface area (Å²) in [5.74, 6) is -0.0800. The summed E-state index contributed by atoms with van der Waals surface area (Å²) in [5, 5.41) is 4.80. The molecule has 0 aliphatic rings. The highest BCUT2D eigenvalue weighted by molar-refractivity contribution is 6.07. The number of anilines is 1. The Balaban J connectivity index is 1.85. The number of carbonyl (C=O) groups excluding carboxylic acids is 1. The zero-order chi connectivity index (χ0) is 26.3. The summed E-state index contributed by atoms with van der Waals surface area (Å²) in [7, 11) is 3.62. The highest BCUT2D eigenvalue weighted by atomic mass is 16.1. The highest BCUT2D eigenvalue weighted by Crippen LogP contribution is 2.38. The maximum absolute atomic E-state index is 12.6. The Morgan fingerprint density at radius 1 is 1.22 bits per heavy atom. The van der Waals surface area contributed by atoms with Crippen LogP contribution in [0.3, 0.4) is 0 Å². The molecule has 2 N–H and O–H groups in total. The van der Waals surface area contributed by atoms with Crippen LogP contribution in [0.2, 0.25) is 0 Å². The van der Waals surface area contributed by atoms with Crippen molar-refractivity contribution in [3.8, 4) is 11.1 Å². The number of aliphatic imine (C=N–C) groups is 1. The van der Waals surface area contributed by atoms with Crippen LogP contribution in [0.4, 0.5) is 5.69 Å². The van der Waals surface area contributed by atoms with Gasteiger partial charge in [-0.15, -0.1) is 0 Å². The molecule has 37 heavy (non-hydrogen) atoms. The second-order valence-corrected chi connectivity index (χ2v) is 9.24. The lowest BCUT2D eigenvalue weighted by molar-refractivity contribution is -0.115. The molecule has 0 aliphatic heterocycles. The van der Waals surface area contributed by atoms with E-state index in [1.165, 1.54) is 0 Å². The predicted molar refractivity (Wildman–Crippen MR) is 147 cm³/mol. The molecule has 1 amide bonds. The van der Waals surface area contributed by atoms with Crippen LogP contribution in [-0.4, -0.2) is 42.8 Å². The fourth-order valence-corrected chi connectivity index (χ4v) is 4.98. The summed E-state index contributed by atoms with van der Waals surface area (Å²) in [6.45, 7) is 5.86. The molecular weight excluding hydrogens is 466 g/mol. The van der Waals surface area contributed by atoms with Gasteiger partial charge in [0, 0.05) is 73.5 Å². The van der Waals surface area contributed by atoms with Gasteiger partial charge in [0.05, 0.1) is 23.1 Å². The van der Waals surface area contributed by atoms with Gasteiger partial charge in [-0.05, 0) is 43.7 Å². The van der Waals surface area contributed by atoms with Gasteiger partial charge in [-0.3, -0.25) is 24.5 Å². The van der Waals surface area contributed by atoms with E-state index in [-0.39, 0.29) is 11.5 Å². The first-order valence-electron chi connectivity index (χ1n) is 12.1. The molecule has 0 saturated carbocycles. The van der Waals surface area contributed by atoms with Gasteiger partial charge in [-0.2, -0.15) is 0 Å². The normalized spacial score (nSPS) is 13.7. The van der Waals surface area contributed by atoms with Crippen LogP contribution in [0.15, 0.2) is 71.2 Å². The van der Waals surface area contributed by atoms with E-state index >= 15 is 0 Å². The third-order valence-electron chi connectivity index (χ3n) is 7.20. The number of aromatic amines is 1. The standard InChI is InChI=1S/C28H29N7O2/c1-6-25(36)33-22-13-18(21-16-34(5)26-19(21)7-9-32-27(26)37)14-23-20(22)8-12-35(23)28(3,17(2)29-4)24-15-30-10-11-31-24/h7-16H,6H2,1-5H3,(H,32,37)(H,33,36)/b29-17+. The number of nitrogens with one attached hydrogen (secondary N) is 2. The first kappa shape index (κ1) is 24.2. The molecular formula is C28H29N7O2. The van der Waals surface area contributed by atoms with Crippen molar-refractivity contribution in [2.75, 3.05) is 12.4 Å². The third kappa shape index (κ3) is 3.83. The molecule has 5 aromatic rings. The minimum Gasteiger partial charge on any atom is -0.345 e. The number of hydrogen-bond acceptors (Lipinski definition) is 5. The topological polar surface area (TPSA) is 110 Å². The molecule has 9 heteroatoms. The summed E-state index contributed by atoms with van der Waals surface area (Å²) < 4.78 is 3.95. The SMILES string of the molecule is CCC(=O)Nc1cc(-c2cn(C)c3c(=O)[nH]ccc23)cc2c1ccn2C(C)(/C(C)=N/C)c1cnccn1. The van der Waals surface area contributed by atoms with Crippen LogP contribution in [0.1, 0.15) is 32.9 Å². The molecule has 0 fully saturated rings. The largest absolute Gasteiger partial charge is 0.345 e. The van der Waals surface area contributed by atoms with Gasteiger partial charge in [0.2, 0.25) is 5.91 Å². The van der Waals surface area contributed by atoms with Crippen LogP contribution < -0.4 is 10.9 Å². The van der Waals surface area contributed by atoms with Crippen molar-refractivity contribution in [3.05, 3.63) is 77.5 Å². The molecule has 0 bridgehead atoms. The van der Waals surface area contributed by atoms with Crippen molar-refractivity contribution < 1.29 is 4.79 Å². The van der Waals surface area contributed by atoms with Gasteiger partial charge in [-0.25, -0.2) is 0 Å². The lowest BCUT2D eigenvalue weighted by Crippen LogP contribution is -2.39. The highest BCUT2D eigenvalue weighted by Gasteiger charge is 2.35. The molecule has 0 radical (unpaired) electrons. The number of H-pyrrole nitrogens is 1. The Morgan fingerprint density at radius 2 is 2.03 bits per heavy atom. The molecule has 188 valence electrons. The molecule has 1 unspecified atom stereocenters. The molecule has 4 heterocycles. The van der Waals surface area contributed by atoms with Gasteiger partial charge in [0.15, 0.2) is 0 Å². The number of hydrogen-bond donors (Lipinski definition) is 2. The Kier molecular flexibility index (Phi) is 5.99. The first-order chi connectivity index (χ1) is 17.8. The monoisotopic (exact) mass is 495 g/mol. The van der Waals surface area contributed by atoms with E-state index in [9.17, 15) is 9.59 Å². The quantitative estimate of drug-likeness (QED) is 0.338. The van der Waals surface area contributed by atoms with Crippen LogP contribution in [-0.2, 0) is 17.4 Å².